The van der Waals surface area contributed by atoms with Gasteiger partial charge < -0.3 is 14.8 Å². The van der Waals surface area contributed by atoms with Gasteiger partial charge in [-0.25, -0.2) is 0 Å². The maximum Gasteiger partial charge on any atom is 0.152 e. The van der Waals surface area contributed by atoms with E-state index in [9.17, 15) is 0 Å². The molecule has 0 spiro atoms. The number of quaternary nitrogens is 1. The highest BCUT2D eigenvalue weighted by Gasteiger charge is 2.07. The Kier molecular flexibility index (Phi) is 9.27. The second-order valence-corrected chi connectivity index (χ2v) is 6.09. The molecule has 0 atom stereocenters. The molecule has 2 N–H and O–H groups in total. The predicted octanol–water partition coefficient (Wildman–Crippen LogP) is 3.17. The van der Waals surface area contributed by atoms with Crippen LogP contribution in [0.1, 0.15) is 24.8 Å². The largest absolute Gasteiger partial charge is 0.491 e. The van der Waals surface area contributed by atoms with E-state index < -0.39 is 0 Å². The first-order chi connectivity index (χ1) is 9.65. The monoisotopic (exact) mass is 364 g/mol. The summed E-state index contributed by atoms with van der Waals surface area (Å²) in [5, 5.41) is 3.00. The third-order valence-electron chi connectivity index (χ3n) is 2.95. The van der Waals surface area contributed by atoms with Crippen molar-refractivity contribution in [2.45, 2.75) is 26.2 Å². The number of methoxy groups -OCH3 is 1. The molecule has 0 fully saturated rings. The molecular weight excluding hydrogens is 342 g/mol. The SMILES string of the molecule is COCCC[NH2+]CCCCOc1c(Cl)cc(C)cc1Br. The molecule has 0 aliphatic rings. The Morgan fingerprint density at radius 2 is 1.90 bits per heavy atom. The highest BCUT2D eigenvalue weighted by molar-refractivity contribution is 9.10. The first-order valence-electron chi connectivity index (χ1n) is 7.04. The lowest BCUT2D eigenvalue weighted by molar-refractivity contribution is -0.655. The third kappa shape index (κ3) is 6.93. The summed E-state index contributed by atoms with van der Waals surface area (Å²) in [6.45, 7) is 5.83. The molecule has 0 saturated carbocycles. The van der Waals surface area contributed by atoms with E-state index in [1.165, 1.54) is 0 Å². The summed E-state index contributed by atoms with van der Waals surface area (Å²) in [6, 6.07) is 3.94. The Bertz CT molecular complexity index is 378. The molecule has 0 aliphatic heterocycles. The minimum Gasteiger partial charge on any atom is -0.491 e. The van der Waals surface area contributed by atoms with E-state index >= 15 is 0 Å². The number of unbranched alkanes of at least 4 members (excludes halogenated alkanes) is 1. The van der Waals surface area contributed by atoms with Gasteiger partial charge >= 0.3 is 0 Å². The van der Waals surface area contributed by atoms with Crippen molar-refractivity contribution in [1.82, 2.24) is 0 Å². The molecule has 0 bridgehead atoms. The third-order valence-corrected chi connectivity index (χ3v) is 3.82. The molecule has 1 rings (SSSR count). The first-order valence-corrected chi connectivity index (χ1v) is 8.21. The number of nitrogens with two attached hydrogens (primary N) is 1. The van der Waals surface area contributed by atoms with Gasteiger partial charge in [0.1, 0.15) is 0 Å². The van der Waals surface area contributed by atoms with Crippen LogP contribution in [0.15, 0.2) is 16.6 Å². The predicted molar refractivity (Wildman–Crippen MR) is 86.8 cm³/mol. The molecule has 0 unspecified atom stereocenters. The van der Waals surface area contributed by atoms with E-state index in [0.29, 0.717) is 11.6 Å². The molecule has 1 aromatic rings. The van der Waals surface area contributed by atoms with E-state index in [-0.39, 0.29) is 0 Å². The van der Waals surface area contributed by atoms with Crippen LogP contribution in [0.4, 0.5) is 0 Å². The van der Waals surface area contributed by atoms with Gasteiger partial charge in [0.05, 0.1) is 35.8 Å². The second kappa shape index (κ2) is 10.4. The fourth-order valence-corrected chi connectivity index (χ4v) is 3.04. The van der Waals surface area contributed by atoms with Crippen molar-refractivity contribution in [3.63, 3.8) is 0 Å². The minimum absolute atomic E-state index is 0.669. The fraction of sp³-hybridized carbons (Fsp3) is 0.600. The molecule has 0 aliphatic carbocycles. The zero-order valence-electron chi connectivity index (χ0n) is 12.3. The van der Waals surface area contributed by atoms with Gasteiger partial charge in [0, 0.05) is 13.5 Å². The van der Waals surface area contributed by atoms with Crippen LogP contribution < -0.4 is 10.1 Å². The van der Waals surface area contributed by atoms with Crippen LogP contribution in [0, 0.1) is 6.92 Å². The summed E-state index contributed by atoms with van der Waals surface area (Å²) in [7, 11) is 1.74. The molecule has 20 heavy (non-hydrogen) atoms. The normalized spacial score (nSPS) is 10.8. The van der Waals surface area contributed by atoms with Gasteiger partial charge in [0.2, 0.25) is 0 Å². The van der Waals surface area contributed by atoms with Gasteiger partial charge in [-0.15, -0.1) is 0 Å². The lowest BCUT2D eigenvalue weighted by Crippen LogP contribution is -2.84. The van der Waals surface area contributed by atoms with E-state index in [4.69, 9.17) is 21.1 Å². The number of hydrogen-bond acceptors (Lipinski definition) is 2. The zero-order chi connectivity index (χ0) is 14.8. The van der Waals surface area contributed by atoms with Gasteiger partial charge in [0.25, 0.3) is 0 Å². The molecular formula is C15H24BrClNO2+. The van der Waals surface area contributed by atoms with Gasteiger partial charge in [-0.3, -0.25) is 0 Å². The van der Waals surface area contributed by atoms with Crippen LogP contribution in [0.25, 0.3) is 0 Å². The van der Waals surface area contributed by atoms with Crippen molar-refractivity contribution < 1.29 is 14.8 Å². The van der Waals surface area contributed by atoms with Crippen LogP contribution in [0.2, 0.25) is 5.02 Å². The van der Waals surface area contributed by atoms with E-state index in [2.05, 4.69) is 21.2 Å². The lowest BCUT2D eigenvalue weighted by atomic mass is 10.2. The highest BCUT2D eigenvalue weighted by atomic mass is 79.9. The topological polar surface area (TPSA) is 35.1 Å². The van der Waals surface area contributed by atoms with Crippen LogP contribution >= 0.6 is 27.5 Å². The van der Waals surface area contributed by atoms with Gasteiger partial charge in [0.15, 0.2) is 5.75 Å². The maximum absolute atomic E-state index is 6.17. The number of aryl methyl sites for hydroxylation is 1. The molecule has 0 amide bonds. The number of rotatable bonds is 10. The van der Waals surface area contributed by atoms with E-state index in [1.807, 2.05) is 19.1 Å². The molecule has 5 heteroatoms. The quantitative estimate of drug-likeness (QED) is 0.646. The minimum atomic E-state index is 0.669. The van der Waals surface area contributed by atoms with Crippen LogP contribution in [-0.2, 0) is 4.74 Å². The molecule has 0 heterocycles. The molecule has 114 valence electrons. The number of hydrogen-bond donors (Lipinski definition) is 1. The molecule has 3 nitrogen and oxygen atoms in total. The Hall–Kier alpha value is -0.290. The standard InChI is InChI=1S/C15H23BrClNO2/c1-12-10-13(16)15(14(17)11-12)20-9-4-3-6-18-7-5-8-19-2/h10-11,18H,3-9H2,1-2H3/p+1. The van der Waals surface area contributed by atoms with E-state index in [0.717, 1.165) is 54.7 Å². The second-order valence-electron chi connectivity index (χ2n) is 4.83. The zero-order valence-corrected chi connectivity index (χ0v) is 14.6. The van der Waals surface area contributed by atoms with Crippen molar-refractivity contribution >= 4 is 27.5 Å². The Labute approximate surface area is 135 Å². The summed E-state index contributed by atoms with van der Waals surface area (Å²) in [4.78, 5) is 0. The summed E-state index contributed by atoms with van der Waals surface area (Å²) in [5.41, 5.74) is 1.12. The lowest BCUT2D eigenvalue weighted by Gasteiger charge is -2.10. The smallest absolute Gasteiger partial charge is 0.152 e. The summed E-state index contributed by atoms with van der Waals surface area (Å²) in [6.07, 6.45) is 3.30. The van der Waals surface area contributed by atoms with Crippen LogP contribution in [0.3, 0.4) is 0 Å². The Balaban J connectivity index is 2.13. The van der Waals surface area contributed by atoms with Gasteiger partial charge in [-0.2, -0.15) is 0 Å². The van der Waals surface area contributed by atoms with E-state index in [1.54, 1.807) is 7.11 Å². The molecule has 1 aromatic carbocycles. The molecule has 0 radical (unpaired) electrons. The number of halogens is 2. The fourth-order valence-electron chi connectivity index (χ4n) is 1.91. The molecule has 0 aromatic heterocycles. The Morgan fingerprint density at radius 1 is 1.15 bits per heavy atom. The first kappa shape index (κ1) is 17.8. The van der Waals surface area contributed by atoms with Crippen LogP contribution in [-0.4, -0.2) is 33.4 Å². The Morgan fingerprint density at radius 3 is 2.60 bits per heavy atom. The van der Waals surface area contributed by atoms with Crippen molar-refractivity contribution in [2.24, 2.45) is 0 Å². The van der Waals surface area contributed by atoms with Crippen molar-refractivity contribution in [1.29, 1.82) is 0 Å². The average molecular weight is 366 g/mol. The number of benzene rings is 1. The maximum atomic E-state index is 6.17. The van der Waals surface area contributed by atoms with Gasteiger partial charge in [-0.05, 0) is 53.4 Å². The van der Waals surface area contributed by atoms with Crippen molar-refractivity contribution in [3.05, 3.63) is 27.2 Å². The summed E-state index contributed by atoms with van der Waals surface area (Å²) >= 11 is 9.66. The van der Waals surface area contributed by atoms with Gasteiger partial charge in [-0.1, -0.05) is 11.6 Å². The van der Waals surface area contributed by atoms with Crippen molar-refractivity contribution in [3.8, 4) is 5.75 Å². The average Bonchev–Trinajstić information content (AvgIpc) is 2.39. The van der Waals surface area contributed by atoms with Crippen LogP contribution in [0.5, 0.6) is 5.75 Å². The summed E-state index contributed by atoms with van der Waals surface area (Å²) < 4.78 is 11.7. The number of ether oxygens (including phenoxy) is 2. The molecule has 0 saturated heterocycles. The van der Waals surface area contributed by atoms with Crippen molar-refractivity contribution in [2.75, 3.05) is 33.4 Å². The highest BCUT2D eigenvalue weighted by Crippen LogP contribution is 2.34. The summed E-state index contributed by atoms with van der Waals surface area (Å²) in [5.74, 6) is 0.751.